The Morgan fingerprint density at radius 3 is 2.51 bits per heavy atom. The molecule has 2 aliphatic heterocycles. The van der Waals surface area contributed by atoms with Crippen molar-refractivity contribution in [3.8, 4) is 0 Å². The fraction of sp³-hybridized carbons (Fsp3) is 0.458. The second kappa shape index (κ2) is 8.39. The van der Waals surface area contributed by atoms with Gasteiger partial charge in [-0.15, -0.1) is 5.10 Å². The Morgan fingerprint density at radius 1 is 0.971 bits per heavy atom. The Balaban J connectivity index is 1.19. The second-order valence-corrected chi connectivity index (χ2v) is 9.51. The number of aromatic nitrogens is 4. The van der Waals surface area contributed by atoms with Gasteiger partial charge in [-0.1, -0.05) is 6.07 Å². The zero-order valence-electron chi connectivity index (χ0n) is 18.9. The number of halogens is 4. The molecule has 0 radical (unpaired) electrons. The van der Waals surface area contributed by atoms with Gasteiger partial charge >= 0.3 is 6.18 Å². The average molecular weight is 488 g/mol. The summed E-state index contributed by atoms with van der Waals surface area (Å²) in [5.41, 5.74) is 0.441. The summed E-state index contributed by atoms with van der Waals surface area (Å²) in [6, 6.07) is 9.40. The Hall–Kier alpha value is -3.37. The summed E-state index contributed by atoms with van der Waals surface area (Å²) >= 11 is 0. The van der Waals surface area contributed by atoms with Crippen molar-refractivity contribution in [3.05, 3.63) is 54.1 Å². The molecule has 1 N–H and O–H groups in total. The van der Waals surface area contributed by atoms with Gasteiger partial charge in [-0.3, -0.25) is 4.98 Å². The number of pyridine rings is 1. The van der Waals surface area contributed by atoms with Crippen LogP contribution < -0.4 is 15.1 Å². The van der Waals surface area contributed by atoms with Crippen LogP contribution in [0.25, 0.3) is 0 Å². The monoisotopic (exact) mass is 487 g/mol. The summed E-state index contributed by atoms with van der Waals surface area (Å²) in [6.07, 6.45) is -0.353. The fourth-order valence-electron chi connectivity index (χ4n) is 5.70. The molecule has 6 rings (SSSR count). The Labute approximate surface area is 199 Å². The molecule has 1 aromatic carbocycles. The van der Waals surface area contributed by atoms with Gasteiger partial charge in [0.2, 0.25) is 11.9 Å². The predicted molar refractivity (Wildman–Crippen MR) is 123 cm³/mol. The molecule has 0 spiro atoms. The van der Waals surface area contributed by atoms with Crippen molar-refractivity contribution in [1.29, 1.82) is 0 Å². The summed E-state index contributed by atoms with van der Waals surface area (Å²) in [5.74, 6) is 1.48. The van der Waals surface area contributed by atoms with Crippen LogP contribution in [0.4, 0.5) is 40.8 Å². The number of benzene rings is 1. The molecule has 7 nitrogen and oxygen atoms in total. The molecule has 2 bridgehead atoms. The highest BCUT2D eigenvalue weighted by Gasteiger charge is 2.43. The molecule has 11 heteroatoms. The van der Waals surface area contributed by atoms with Crippen molar-refractivity contribution >= 4 is 23.3 Å². The molecule has 3 atom stereocenters. The van der Waals surface area contributed by atoms with E-state index < -0.39 is 11.9 Å². The summed E-state index contributed by atoms with van der Waals surface area (Å²) in [6.45, 7) is 2.80. The standard InChI is InChI=1S/C24H25F4N7/c25-17-3-1-4-19(11-17)34-9-2-10-35-23(34)31-22(32-35)30-21-15-5-6-16(21)14-33(13-15)18-7-8-29-20(12-18)24(26,27)28/h1,3-4,7-8,11-12,15-16,21H,2,5-6,9-10,13-14H2,(H,30,32)/t15-,16?,21-/m0/s1. The number of fused-ring (bicyclic) bond motifs is 3. The van der Waals surface area contributed by atoms with Gasteiger partial charge in [0, 0.05) is 49.8 Å². The smallest absolute Gasteiger partial charge is 0.371 e. The zero-order chi connectivity index (χ0) is 24.2. The van der Waals surface area contributed by atoms with E-state index in [1.165, 1.54) is 18.3 Å². The topological polar surface area (TPSA) is 62.1 Å². The Morgan fingerprint density at radius 2 is 1.77 bits per heavy atom. The maximum atomic E-state index is 13.8. The van der Waals surface area contributed by atoms with E-state index in [0.717, 1.165) is 44.1 Å². The summed E-state index contributed by atoms with van der Waals surface area (Å²) in [7, 11) is 0. The summed E-state index contributed by atoms with van der Waals surface area (Å²) in [5, 5.41) is 8.20. The lowest BCUT2D eigenvalue weighted by atomic mass is 9.92. The maximum Gasteiger partial charge on any atom is 0.433 e. The zero-order valence-corrected chi connectivity index (χ0v) is 18.9. The molecule has 4 heterocycles. The molecule has 3 aromatic rings. The Bertz CT molecular complexity index is 1210. The first-order valence-electron chi connectivity index (χ1n) is 11.9. The van der Waals surface area contributed by atoms with Crippen LogP contribution in [0.1, 0.15) is 25.0 Å². The first kappa shape index (κ1) is 22.1. The molecule has 0 amide bonds. The van der Waals surface area contributed by atoms with Gasteiger partial charge in [-0.2, -0.15) is 18.2 Å². The number of piperidine rings is 1. The van der Waals surface area contributed by atoms with Crippen molar-refractivity contribution in [2.75, 3.05) is 34.8 Å². The van der Waals surface area contributed by atoms with Crippen LogP contribution in [-0.2, 0) is 12.7 Å². The molecule has 3 aliphatic rings. The molecule has 1 saturated carbocycles. The van der Waals surface area contributed by atoms with E-state index in [1.54, 1.807) is 12.1 Å². The van der Waals surface area contributed by atoms with Gasteiger partial charge in [0.1, 0.15) is 11.5 Å². The van der Waals surface area contributed by atoms with Crippen LogP contribution >= 0.6 is 0 Å². The number of hydrogen-bond acceptors (Lipinski definition) is 6. The van der Waals surface area contributed by atoms with Crippen molar-refractivity contribution in [2.24, 2.45) is 11.8 Å². The van der Waals surface area contributed by atoms with Crippen LogP contribution in [-0.4, -0.2) is 45.4 Å². The third kappa shape index (κ3) is 4.17. The molecule has 1 unspecified atom stereocenters. The van der Waals surface area contributed by atoms with Crippen LogP contribution in [0.5, 0.6) is 0 Å². The van der Waals surface area contributed by atoms with E-state index in [-0.39, 0.29) is 23.7 Å². The molecular weight excluding hydrogens is 462 g/mol. The minimum absolute atomic E-state index is 0.155. The molecule has 184 valence electrons. The maximum absolute atomic E-state index is 13.8. The molecule has 35 heavy (non-hydrogen) atoms. The van der Waals surface area contributed by atoms with Crippen molar-refractivity contribution in [2.45, 2.75) is 38.0 Å². The molecule has 2 fully saturated rings. The lowest BCUT2D eigenvalue weighted by Gasteiger charge is -2.39. The molecular formula is C24H25F4N7. The number of anilines is 4. The number of hydrogen-bond donors (Lipinski definition) is 1. The van der Waals surface area contributed by atoms with E-state index in [0.29, 0.717) is 30.7 Å². The lowest BCUT2D eigenvalue weighted by molar-refractivity contribution is -0.141. The van der Waals surface area contributed by atoms with E-state index in [9.17, 15) is 17.6 Å². The number of alkyl halides is 3. The summed E-state index contributed by atoms with van der Waals surface area (Å²) < 4.78 is 55.0. The minimum atomic E-state index is -4.46. The molecule has 1 saturated heterocycles. The number of aryl methyl sites for hydroxylation is 1. The van der Waals surface area contributed by atoms with Crippen LogP contribution in [0.2, 0.25) is 0 Å². The van der Waals surface area contributed by atoms with Crippen molar-refractivity contribution in [3.63, 3.8) is 0 Å². The van der Waals surface area contributed by atoms with E-state index in [1.807, 2.05) is 20.5 Å². The summed E-state index contributed by atoms with van der Waals surface area (Å²) in [4.78, 5) is 12.2. The fourth-order valence-corrected chi connectivity index (χ4v) is 5.70. The lowest BCUT2D eigenvalue weighted by Crippen LogP contribution is -2.48. The quantitative estimate of drug-likeness (QED) is 0.539. The van der Waals surface area contributed by atoms with Crippen molar-refractivity contribution < 1.29 is 17.6 Å². The Kier molecular flexibility index (Phi) is 5.30. The van der Waals surface area contributed by atoms with Crippen molar-refractivity contribution in [1.82, 2.24) is 19.7 Å². The minimum Gasteiger partial charge on any atom is -0.371 e. The van der Waals surface area contributed by atoms with E-state index in [4.69, 9.17) is 4.98 Å². The van der Waals surface area contributed by atoms with Gasteiger partial charge < -0.3 is 15.1 Å². The van der Waals surface area contributed by atoms with Gasteiger partial charge in [-0.25, -0.2) is 9.07 Å². The highest BCUT2D eigenvalue weighted by molar-refractivity contribution is 5.59. The molecule has 1 aliphatic carbocycles. The van der Waals surface area contributed by atoms with Gasteiger partial charge in [0.25, 0.3) is 0 Å². The van der Waals surface area contributed by atoms with Gasteiger partial charge in [0.05, 0.1) is 0 Å². The average Bonchev–Trinajstić information content (AvgIpc) is 3.34. The van der Waals surface area contributed by atoms with Crippen LogP contribution in [0.3, 0.4) is 0 Å². The number of rotatable bonds is 4. The first-order chi connectivity index (χ1) is 16.8. The predicted octanol–water partition coefficient (Wildman–Crippen LogP) is 4.70. The normalized spacial score (nSPS) is 23.9. The van der Waals surface area contributed by atoms with E-state index in [2.05, 4.69) is 15.4 Å². The third-order valence-corrected chi connectivity index (χ3v) is 7.29. The largest absolute Gasteiger partial charge is 0.433 e. The highest BCUT2D eigenvalue weighted by Crippen LogP contribution is 2.41. The van der Waals surface area contributed by atoms with Crippen LogP contribution in [0.15, 0.2) is 42.6 Å². The number of nitrogens with zero attached hydrogens (tertiary/aromatic N) is 6. The SMILES string of the molecule is Fc1cccc(N2CCCn3nc(N[C@@H]4C5CC[C@H]4CN(c4ccnc(C(F)(F)F)c4)C5)nc32)c1. The van der Waals surface area contributed by atoms with Gasteiger partial charge in [-0.05, 0) is 61.4 Å². The first-order valence-corrected chi connectivity index (χ1v) is 11.9. The number of nitrogens with one attached hydrogen (secondary N) is 1. The van der Waals surface area contributed by atoms with Crippen LogP contribution in [0, 0.1) is 17.7 Å². The van der Waals surface area contributed by atoms with Gasteiger partial charge in [0.15, 0.2) is 0 Å². The molecule has 2 aromatic heterocycles. The highest BCUT2D eigenvalue weighted by atomic mass is 19.4. The second-order valence-electron chi connectivity index (χ2n) is 9.51. The third-order valence-electron chi connectivity index (χ3n) is 7.29. The van der Waals surface area contributed by atoms with E-state index >= 15 is 0 Å².